The van der Waals surface area contributed by atoms with Crippen molar-refractivity contribution in [3.63, 3.8) is 0 Å². The summed E-state index contributed by atoms with van der Waals surface area (Å²) < 4.78 is 11.8. The summed E-state index contributed by atoms with van der Waals surface area (Å²) in [4.78, 5) is 0. The third kappa shape index (κ3) is 5.39. The second kappa shape index (κ2) is 8.10. The van der Waals surface area contributed by atoms with Crippen LogP contribution in [0, 0.1) is 0 Å². The fourth-order valence-corrected chi connectivity index (χ4v) is 3.02. The van der Waals surface area contributed by atoms with Crippen LogP contribution in [0.25, 0.3) is 0 Å². The minimum absolute atomic E-state index is 0.554. The predicted octanol–water partition coefficient (Wildman–Crippen LogP) is 4.08. The van der Waals surface area contributed by atoms with Gasteiger partial charge in [-0.15, -0.1) is 0 Å². The number of rotatable bonds is 6. The molecule has 17 heavy (non-hydrogen) atoms. The average Bonchev–Trinajstić information content (AvgIpc) is 2.41. The summed E-state index contributed by atoms with van der Waals surface area (Å²) in [5, 5.41) is 0. The molecule has 2 nitrogen and oxygen atoms in total. The summed E-state index contributed by atoms with van der Waals surface area (Å²) >= 11 is 0. The molecule has 0 saturated heterocycles. The lowest BCUT2D eigenvalue weighted by Gasteiger charge is -2.23. The lowest BCUT2D eigenvalue weighted by Crippen LogP contribution is -2.20. The lowest BCUT2D eigenvalue weighted by molar-refractivity contribution is -0.00880. The van der Waals surface area contributed by atoms with Crippen molar-refractivity contribution in [2.24, 2.45) is 0 Å². The first kappa shape index (κ1) is 13.4. The van der Waals surface area contributed by atoms with E-state index >= 15 is 0 Å². The highest BCUT2D eigenvalue weighted by Crippen LogP contribution is 2.21. The van der Waals surface area contributed by atoms with Gasteiger partial charge in [-0.3, -0.25) is 0 Å². The van der Waals surface area contributed by atoms with Gasteiger partial charge in [0.1, 0.15) is 0 Å². The number of hydrogen-bond acceptors (Lipinski definition) is 2. The van der Waals surface area contributed by atoms with Gasteiger partial charge in [0.05, 0.1) is 12.2 Å². The highest BCUT2D eigenvalue weighted by Gasteiger charge is 2.14. The van der Waals surface area contributed by atoms with Gasteiger partial charge in [0.25, 0.3) is 0 Å². The Morgan fingerprint density at radius 2 is 1.00 bits per heavy atom. The zero-order chi connectivity index (χ0) is 11.8. The molecule has 2 aliphatic rings. The summed E-state index contributed by atoms with van der Waals surface area (Å²) in [7, 11) is 0. The van der Waals surface area contributed by atoms with Crippen LogP contribution < -0.4 is 0 Å². The molecule has 0 bridgehead atoms. The molecule has 0 N–H and O–H groups in total. The Hall–Kier alpha value is -0.0800. The van der Waals surface area contributed by atoms with E-state index in [1.165, 1.54) is 64.2 Å². The van der Waals surface area contributed by atoms with E-state index in [1.807, 2.05) is 0 Å². The van der Waals surface area contributed by atoms with E-state index in [2.05, 4.69) is 0 Å². The third-order valence-corrected chi connectivity index (χ3v) is 4.10. The van der Waals surface area contributed by atoms with Crippen molar-refractivity contribution in [2.45, 2.75) is 82.8 Å². The van der Waals surface area contributed by atoms with E-state index in [1.54, 1.807) is 0 Å². The van der Waals surface area contributed by atoms with Crippen molar-refractivity contribution in [2.75, 3.05) is 13.2 Å². The zero-order valence-corrected chi connectivity index (χ0v) is 11.2. The molecule has 0 amide bonds. The van der Waals surface area contributed by atoms with E-state index in [-0.39, 0.29) is 0 Å². The van der Waals surface area contributed by atoms with Crippen LogP contribution in [0.3, 0.4) is 0 Å². The molecular formula is C15H28O2. The molecule has 0 atom stereocenters. The Kier molecular flexibility index (Phi) is 6.36. The maximum atomic E-state index is 5.89. The Balaban J connectivity index is 1.42. The summed E-state index contributed by atoms with van der Waals surface area (Å²) in [5.74, 6) is 0. The van der Waals surface area contributed by atoms with Crippen LogP contribution in [0.5, 0.6) is 0 Å². The molecule has 2 saturated carbocycles. The van der Waals surface area contributed by atoms with Gasteiger partial charge in [0.15, 0.2) is 0 Å². The standard InChI is InChI=1S/C15H28O2/c1-3-8-14(9-4-1)16-12-7-13-17-15-10-5-2-6-11-15/h14-15H,1-13H2. The number of hydrogen-bond donors (Lipinski definition) is 0. The monoisotopic (exact) mass is 240 g/mol. The molecule has 0 aliphatic heterocycles. The van der Waals surface area contributed by atoms with Crippen molar-refractivity contribution >= 4 is 0 Å². The van der Waals surface area contributed by atoms with Crippen LogP contribution in [0.15, 0.2) is 0 Å². The maximum Gasteiger partial charge on any atom is 0.0575 e. The van der Waals surface area contributed by atoms with Gasteiger partial charge in [-0.05, 0) is 32.1 Å². The van der Waals surface area contributed by atoms with Crippen molar-refractivity contribution in [3.8, 4) is 0 Å². The van der Waals surface area contributed by atoms with E-state index in [9.17, 15) is 0 Å². The highest BCUT2D eigenvalue weighted by atomic mass is 16.5. The summed E-state index contributed by atoms with van der Waals surface area (Å²) in [5.41, 5.74) is 0. The fourth-order valence-electron chi connectivity index (χ4n) is 3.02. The molecule has 2 rings (SSSR count). The molecule has 0 aromatic heterocycles. The molecule has 2 heteroatoms. The molecule has 100 valence electrons. The van der Waals surface area contributed by atoms with Crippen LogP contribution in [0.1, 0.15) is 70.6 Å². The highest BCUT2D eigenvalue weighted by molar-refractivity contribution is 4.66. The molecule has 0 unspecified atom stereocenters. The van der Waals surface area contributed by atoms with Crippen molar-refractivity contribution in [3.05, 3.63) is 0 Å². The minimum atomic E-state index is 0.554. The average molecular weight is 240 g/mol. The fraction of sp³-hybridized carbons (Fsp3) is 1.00. The molecule has 0 aromatic carbocycles. The smallest absolute Gasteiger partial charge is 0.0575 e. The van der Waals surface area contributed by atoms with Gasteiger partial charge < -0.3 is 9.47 Å². The van der Waals surface area contributed by atoms with E-state index < -0.39 is 0 Å². The van der Waals surface area contributed by atoms with Crippen molar-refractivity contribution in [1.82, 2.24) is 0 Å². The van der Waals surface area contributed by atoms with Gasteiger partial charge in [0.2, 0.25) is 0 Å². The molecule has 0 aromatic rings. The van der Waals surface area contributed by atoms with E-state index in [0.717, 1.165) is 19.6 Å². The maximum absolute atomic E-state index is 5.89. The quantitative estimate of drug-likeness (QED) is 0.651. The van der Waals surface area contributed by atoms with Crippen molar-refractivity contribution in [1.29, 1.82) is 0 Å². The molecule has 0 radical (unpaired) electrons. The van der Waals surface area contributed by atoms with E-state index in [0.29, 0.717) is 12.2 Å². The first-order valence-electron chi connectivity index (χ1n) is 7.68. The second-order valence-electron chi connectivity index (χ2n) is 5.62. The first-order valence-corrected chi connectivity index (χ1v) is 7.68. The normalized spacial score (nSPS) is 24.0. The van der Waals surface area contributed by atoms with Gasteiger partial charge in [-0.1, -0.05) is 38.5 Å². The Bertz CT molecular complexity index is 161. The van der Waals surface area contributed by atoms with Crippen LogP contribution in [0.2, 0.25) is 0 Å². The Morgan fingerprint density at radius 1 is 0.588 bits per heavy atom. The van der Waals surface area contributed by atoms with Gasteiger partial charge in [-0.2, -0.15) is 0 Å². The summed E-state index contributed by atoms with van der Waals surface area (Å²) in [6.45, 7) is 1.80. The Morgan fingerprint density at radius 3 is 1.41 bits per heavy atom. The molecule has 0 spiro atoms. The summed E-state index contributed by atoms with van der Waals surface area (Å²) in [6, 6.07) is 0. The summed E-state index contributed by atoms with van der Waals surface area (Å²) in [6.07, 6.45) is 15.6. The lowest BCUT2D eigenvalue weighted by atomic mass is 9.98. The largest absolute Gasteiger partial charge is 0.378 e. The topological polar surface area (TPSA) is 18.5 Å². The molecule has 2 fully saturated rings. The molecular weight excluding hydrogens is 212 g/mol. The second-order valence-corrected chi connectivity index (χ2v) is 5.62. The van der Waals surface area contributed by atoms with Gasteiger partial charge in [0, 0.05) is 13.2 Å². The predicted molar refractivity (Wildman–Crippen MR) is 70.3 cm³/mol. The van der Waals surface area contributed by atoms with Crippen LogP contribution >= 0.6 is 0 Å². The van der Waals surface area contributed by atoms with Gasteiger partial charge in [-0.25, -0.2) is 0 Å². The van der Waals surface area contributed by atoms with Crippen LogP contribution in [-0.4, -0.2) is 25.4 Å². The van der Waals surface area contributed by atoms with Crippen LogP contribution in [-0.2, 0) is 9.47 Å². The zero-order valence-electron chi connectivity index (χ0n) is 11.2. The van der Waals surface area contributed by atoms with Crippen LogP contribution in [0.4, 0.5) is 0 Å². The van der Waals surface area contributed by atoms with E-state index in [4.69, 9.17) is 9.47 Å². The SMILES string of the molecule is C1CCC(OCCCOC2CCCCC2)CC1. The number of ether oxygens (including phenoxy) is 2. The third-order valence-electron chi connectivity index (χ3n) is 4.10. The van der Waals surface area contributed by atoms with Gasteiger partial charge >= 0.3 is 0 Å². The minimum Gasteiger partial charge on any atom is -0.378 e. The molecule has 0 heterocycles. The van der Waals surface area contributed by atoms with Crippen molar-refractivity contribution < 1.29 is 9.47 Å². The first-order chi connectivity index (χ1) is 8.45. The molecule has 2 aliphatic carbocycles. The Labute approximate surface area is 106 Å².